The summed E-state index contributed by atoms with van der Waals surface area (Å²) < 4.78 is 18.9. The van der Waals surface area contributed by atoms with E-state index in [0.29, 0.717) is 17.9 Å². The lowest BCUT2D eigenvalue weighted by Gasteiger charge is -2.16. The van der Waals surface area contributed by atoms with Crippen LogP contribution >= 0.6 is 0 Å². The van der Waals surface area contributed by atoms with Gasteiger partial charge in [-0.05, 0) is 18.1 Å². The van der Waals surface area contributed by atoms with Crippen molar-refractivity contribution in [2.45, 2.75) is 19.3 Å². The first kappa shape index (κ1) is 11.9. The third-order valence-electron chi connectivity index (χ3n) is 3.37. The van der Waals surface area contributed by atoms with Crippen molar-refractivity contribution in [1.29, 1.82) is 0 Å². The number of methoxy groups -OCH3 is 1. The molecule has 1 amide bonds. The Hall–Kier alpha value is -1.58. The van der Waals surface area contributed by atoms with Gasteiger partial charge in [0.15, 0.2) is 0 Å². The number of hydrogen-bond donors (Lipinski definition) is 1. The molecule has 1 N–H and O–H groups in total. The minimum atomic E-state index is -0.302. The van der Waals surface area contributed by atoms with Crippen LogP contribution in [0.15, 0.2) is 18.2 Å². The maximum Gasteiger partial charge on any atom is 0.223 e. The predicted molar refractivity (Wildman–Crippen MR) is 62.5 cm³/mol. The number of ether oxygens (including phenoxy) is 1. The molecular formula is C13H16FNO2. The molecule has 2 rings (SSSR count). The lowest BCUT2D eigenvalue weighted by Crippen LogP contribution is -2.18. The molecule has 3 nitrogen and oxygen atoms in total. The van der Waals surface area contributed by atoms with Gasteiger partial charge in [0.05, 0.1) is 7.11 Å². The number of rotatable bonds is 3. The number of hydrogen-bond acceptors (Lipinski definition) is 2. The molecule has 2 atom stereocenters. The minimum Gasteiger partial charge on any atom is -0.497 e. The molecule has 1 aliphatic heterocycles. The quantitative estimate of drug-likeness (QED) is 0.874. The molecule has 1 fully saturated rings. The van der Waals surface area contributed by atoms with Crippen molar-refractivity contribution >= 4 is 5.91 Å². The average molecular weight is 237 g/mol. The lowest BCUT2D eigenvalue weighted by molar-refractivity contribution is -0.122. The fourth-order valence-electron chi connectivity index (χ4n) is 2.40. The van der Waals surface area contributed by atoms with Crippen molar-refractivity contribution < 1.29 is 13.9 Å². The Morgan fingerprint density at radius 3 is 2.88 bits per heavy atom. The molecular weight excluding hydrogens is 221 g/mol. The Morgan fingerprint density at radius 1 is 1.53 bits per heavy atom. The summed E-state index contributed by atoms with van der Waals surface area (Å²) in [5.41, 5.74) is 0.594. The van der Waals surface area contributed by atoms with E-state index in [2.05, 4.69) is 5.32 Å². The standard InChI is InChI=1S/C13H16FNO2/c1-3-9-11(7-15-13(9)16)10-5-4-8(17-2)6-12(10)14/h4-6,9,11H,3,7H2,1-2H3,(H,15,16)/t9-,11+/m0/s1. The summed E-state index contributed by atoms with van der Waals surface area (Å²) in [4.78, 5) is 11.6. The Kier molecular flexibility index (Phi) is 3.31. The highest BCUT2D eigenvalue weighted by molar-refractivity contribution is 5.82. The second-order valence-electron chi connectivity index (χ2n) is 4.25. The first-order valence-corrected chi connectivity index (χ1v) is 5.78. The normalized spacial score (nSPS) is 23.6. The van der Waals surface area contributed by atoms with E-state index in [9.17, 15) is 9.18 Å². The summed E-state index contributed by atoms with van der Waals surface area (Å²) in [6, 6.07) is 4.81. The molecule has 0 radical (unpaired) electrons. The van der Waals surface area contributed by atoms with Crippen LogP contribution in [0, 0.1) is 11.7 Å². The molecule has 17 heavy (non-hydrogen) atoms. The van der Waals surface area contributed by atoms with Crippen molar-refractivity contribution in [2.24, 2.45) is 5.92 Å². The zero-order valence-corrected chi connectivity index (χ0v) is 10.00. The van der Waals surface area contributed by atoms with E-state index in [1.807, 2.05) is 6.92 Å². The molecule has 4 heteroatoms. The van der Waals surface area contributed by atoms with Gasteiger partial charge in [-0.2, -0.15) is 0 Å². The van der Waals surface area contributed by atoms with Crippen LogP contribution in [0.3, 0.4) is 0 Å². The topological polar surface area (TPSA) is 38.3 Å². The molecule has 1 saturated heterocycles. The molecule has 92 valence electrons. The van der Waals surface area contributed by atoms with Crippen molar-refractivity contribution in [3.8, 4) is 5.75 Å². The highest BCUT2D eigenvalue weighted by Crippen LogP contribution is 2.33. The molecule has 1 aliphatic rings. The first-order chi connectivity index (χ1) is 8.17. The summed E-state index contributed by atoms with van der Waals surface area (Å²) >= 11 is 0. The zero-order valence-electron chi connectivity index (χ0n) is 10.00. The number of nitrogens with one attached hydrogen (secondary N) is 1. The minimum absolute atomic E-state index is 0.0210. The number of benzene rings is 1. The van der Waals surface area contributed by atoms with Gasteiger partial charge in [0.2, 0.25) is 5.91 Å². The van der Waals surface area contributed by atoms with Crippen LogP contribution in [-0.2, 0) is 4.79 Å². The van der Waals surface area contributed by atoms with E-state index in [0.717, 1.165) is 6.42 Å². The maximum absolute atomic E-state index is 13.9. The zero-order chi connectivity index (χ0) is 12.4. The third-order valence-corrected chi connectivity index (χ3v) is 3.37. The summed E-state index contributed by atoms with van der Waals surface area (Å²) in [6.07, 6.45) is 0.724. The highest BCUT2D eigenvalue weighted by Gasteiger charge is 2.35. The SMILES string of the molecule is CC[C@@H]1C(=O)NC[C@H]1c1ccc(OC)cc1F. The predicted octanol–water partition coefficient (Wildman–Crippen LogP) is 2.07. The maximum atomic E-state index is 13.9. The van der Waals surface area contributed by atoms with Crippen LogP contribution < -0.4 is 10.1 Å². The fraction of sp³-hybridized carbons (Fsp3) is 0.462. The Balaban J connectivity index is 2.31. The van der Waals surface area contributed by atoms with E-state index < -0.39 is 0 Å². The monoisotopic (exact) mass is 237 g/mol. The second-order valence-corrected chi connectivity index (χ2v) is 4.25. The van der Waals surface area contributed by atoms with Crippen LogP contribution in [0.2, 0.25) is 0 Å². The van der Waals surface area contributed by atoms with E-state index in [4.69, 9.17) is 4.74 Å². The van der Waals surface area contributed by atoms with Gasteiger partial charge < -0.3 is 10.1 Å². The average Bonchev–Trinajstić information content (AvgIpc) is 2.70. The number of carbonyl (C=O) groups is 1. The molecule has 0 saturated carbocycles. The van der Waals surface area contributed by atoms with E-state index >= 15 is 0 Å². The van der Waals surface area contributed by atoms with Crippen molar-refractivity contribution in [1.82, 2.24) is 5.32 Å². The molecule has 0 unspecified atom stereocenters. The molecule has 1 heterocycles. The van der Waals surface area contributed by atoms with Crippen molar-refractivity contribution in [2.75, 3.05) is 13.7 Å². The summed E-state index contributed by atoms with van der Waals surface area (Å²) in [6.45, 7) is 2.46. The number of amides is 1. The number of carbonyl (C=O) groups excluding carboxylic acids is 1. The van der Waals surface area contributed by atoms with Crippen LogP contribution in [0.4, 0.5) is 4.39 Å². The van der Waals surface area contributed by atoms with E-state index in [1.54, 1.807) is 12.1 Å². The van der Waals surface area contributed by atoms with Gasteiger partial charge in [0.1, 0.15) is 11.6 Å². The van der Waals surface area contributed by atoms with Gasteiger partial charge in [-0.3, -0.25) is 4.79 Å². The highest BCUT2D eigenvalue weighted by atomic mass is 19.1. The van der Waals surface area contributed by atoms with Gasteiger partial charge >= 0.3 is 0 Å². The van der Waals surface area contributed by atoms with E-state index in [-0.39, 0.29) is 23.6 Å². The summed E-state index contributed by atoms with van der Waals surface area (Å²) in [7, 11) is 1.50. The lowest BCUT2D eigenvalue weighted by atomic mass is 9.86. The second kappa shape index (κ2) is 4.73. The molecule has 0 aliphatic carbocycles. The van der Waals surface area contributed by atoms with Crippen LogP contribution in [0.5, 0.6) is 5.75 Å². The van der Waals surface area contributed by atoms with Gasteiger partial charge in [0.25, 0.3) is 0 Å². The molecule has 0 spiro atoms. The van der Waals surface area contributed by atoms with Crippen LogP contribution in [0.25, 0.3) is 0 Å². The van der Waals surface area contributed by atoms with Crippen LogP contribution in [0.1, 0.15) is 24.8 Å². The largest absolute Gasteiger partial charge is 0.497 e. The molecule has 0 bridgehead atoms. The van der Waals surface area contributed by atoms with E-state index in [1.165, 1.54) is 13.2 Å². The van der Waals surface area contributed by atoms with Gasteiger partial charge in [-0.15, -0.1) is 0 Å². The molecule has 0 aromatic heterocycles. The smallest absolute Gasteiger partial charge is 0.223 e. The van der Waals surface area contributed by atoms with Crippen molar-refractivity contribution in [3.63, 3.8) is 0 Å². The Bertz CT molecular complexity index is 433. The first-order valence-electron chi connectivity index (χ1n) is 5.78. The van der Waals surface area contributed by atoms with Crippen LogP contribution in [-0.4, -0.2) is 19.6 Å². The molecule has 1 aromatic rings. The summed E-state index contributed by atoms with van der Waals surface area (Å²) in [5.74, 6) is 0.0184. The molecule has 1 aromatic carbocycles. The Morgan fingerprint density at radius 2 is 2.29 bits per heavy atom. The van der Waals surface area contributed by atoms with Crippen molar-refractivity contribution in [3.05, 3.63) is 29.6 Å². The van der Waals surface area contributed by atoms with Gasteiger partial charge in [-0.25, -0.2) is 4.39 Å². The summed E-state index contributed by atoms with van der Waals surface area (Å²) in [5, 5.41) is 2.79. The Labute approximate surface area is 100.0 Å². The van der Waals surface area contributed by atoms with Gasteiger partial charge in [0, 0.05) is 24.4 Å². The fourth-order valence-corrected chi connectivity index (χ4v) is 2.40. The number of halogens is 1. The third kappa shape index (κ3) is 2.12. The van der Waals surface area contributed by atoms with Gasteiger partial charge in [-0.1, -0.05) is 13.0 Å².